The Morgan fingerprint density at radius 2 is 1.91 bits per heavy atom. The first-order valence-corrected chi connectivity index (χ1v) is 7.55. The van der Waals surface area contributed by atoms with Crippen molar-refractivity contribution >= 4 is 5.91 Å². The Kier molecular flexibility index (Phi) is 5.64. The van der Waals surface area contributed by atoms with E-state index in [1.54, 1.807) is 30.3 Å². The number of ether oxygens (including phenoxy) is 1. The van der Waals surface area contributed by atoms with Gasteiger partial charge in [-0.25, -0.2) is 0 Å². The van der Waals surface area contributed by atoms with Gasteiger partial charge in [0.15, 0.2) is 0 Å². The number of alkyl halides is 3. The van der Waals surface area contributed by atoms with Crippen LogP contribution in [0.25, 0.3) is 0 Å². The maximum absolute atomic E-state index is 13.3. The molecule has 128 valence electrons. The van der Waals surface area contributed by atoms with Gasteiger partial charge in [0.2, 0.25) is 0 Å². The number of carbonyl (C=O) groups is 1. The summed E-state index contributed by atoms with van der Waals surface area (Å²) in [4.78, 5) is 12.4. The van der Waals surface area contributed by atoms with Gasteiger partial charge in [0.25, 0.3) is 5.91 Å². The third-order valence-electron chi connectivity index (χ3n) is 4.20. The fraction of sp³-hybridized carbons (Fsp3) is 0.562. The molecule has 2 N–H and O–H groups in total. The fourth-order valence-electron chi connectivity index (χ4n) is 2.74. The predicted octanol–water partition coefficient (Wildman–Crippen LogP) is 2.04. The third kappa shape index (κ3) is 4.45. The summed E-state index contributed by atoms with van der Waals surface area (Å²) in [6.45, 7) is 1.08. The Balaban J connectivity index is 2.12. The van der Waals surface area contributed by atoms with E-state index in [-0.39, 0.29) is 6.42 Å². The highest BCUT2D eigenvalue weighted by Gasteiger charge is 2.46. The summed E-state index contributed by atoms with van der Waals surface area (Å²) < 4.78 is 45.2. The monoisotopic (exact) mass is 330 g/mol. The molecule has 2 rings (SSSR count). The molecule has 1 fully saturated rings. The van der Waals surface area contributed by atoms with Crippen molar-refractivity contribution < 1.29 is 22.7 Å². The van der Waals surface area contributed by atoms with Crippen molar-refractivity contribution in [2.24, 2.45) is 0 Å². The quantitative estimate of drug-likeness (QED) is 0.869. The van der Waals surface area contributed by atoms with Crippen LogP contribution in [-0.2, 0) is 16.0 Å². The first kappa shape index (κ1) is 17.7. The van der Waals surface area contributed by atoms with E-state index in [9.17, 15) is 18.0 Å². The van der Waals surface area contributed by atoms with E-state index in [2.05, 4.69) is 10.6 Å². The Morgan fingerprint density at radius 1 is 1.30 bits per heavy atom. The molecule has 1 aliphatic rings. The molecular weight excluding hydrogens is 309 g/mol. The number of halogens is 3. The second-order valence-corrected chi connectivity index (χ2v) is 5.71. The number of hydrogen-bond donors (Lipinski definition) is 2. The molecule has 0 saturated carbocycles. The molecule has 0 aliphatic carbocycles. The number of nitrogens with one attached hydrogen (secondary N) is 2. The van der Waals surface area contributed by atoms with Crippen molar-refractivity contribution in [3.05, 3.63) is 35.9 Å². The van der Waals surface area contributed by atoms with Crippen LogP contribution in [-0.4, -0.2) is 43.9 Å². The largest absolute Gasteiger partial charge is 0.408 e. The SMILES string of the molecule is COC1(C(=O)NC(Cc2ccccc2)C(F)(F)F)CCNCC1. The van der Waals surface area contributed by atoms with Gasteiger partial charge in [-0.15, -0.1) is 0 Å². The second kappa shape index (κ2) is 7.31. The molecule has 1 aromatic carbocycles. The lowest BCUT2D eigenvalue weighted by Crippen LogP contribution is -2.58. The van der Waals surface area contributed by atoms with E-state index in [1.165, 1.54) is 7.11 Å². The molecule has 0 aromatic heterocycles. The molecule has 0 radical (unpaired) electrons. The van der Waals surface area contributed by atoms with Crippen molar-refractivity contribution in [3.63, 3.8) is 0 Å². The average molecular weight is 330 g/mol. The van der Waals surface area contributed by atoms with E-state index >= 15 is 0 Å². The van der Waals surface area contributed by atoms with Crippen LogP contribution in [0.1, 0.15) is 18.4 Å². The van der Waals surface area contributed by atoms with Crippen molar-refractivity contribution in [1.29, 1.82) is 0 Å². The van der Waals surface area contributed by atoms with E-state index in [4.69, 9.17) is 4.74 Å². The number of amides is 1. The predicted molar refractivity (Wildman–Crippen MR) is 80.0 cm³/mol. The van der Waals surface area contributed by atoms with E-state index < -0.39 is 23.7 Å². The number of carbonyl (C=O) groups excluding carboxylic acids is 1. The van der Waals surface area contributed by atoms with Gasteiger partial charge in [-0.2, -0.15) is 13.2 Å². The maximum atomic E-state index is 13.3. The number of methoxy groups -OCH3 is 1. The first-order chi connectivity index (χ1) is 10.9. The van der Waals surface area contributed by atoms with Crippen molar-refractivity contribution in [3.8, 4) is 0 Å². The summed E-state index contributed by atoms with van der Waals surface area (Å²) in [5.74, 6) is -0.695. The molecule has 0 bridgehead atoms. The van der Waals surface area contributed by atoms with Gasteiger partial charge >= 0.3 is 6.18 Å². The van der Waals surface area contributed by atoms with Gasteiger partial charge in [0.1, 0.15) is 11.6 Å². The molecule has 1 unspecified atom stereocenters. The minimum atomic E-state index is -4.52. The minimum absolute atomic E-state index is 0.297. The molecular formula is C16H21F3N2O2. The molecule has 4 nitrogen and oxygen atoms in total. The summed E-state index contributed by atoms with van der Waals surface area (Å²) in [6.07, 6.45) is -4.11. The van der Waals surface area contributed by atoms with Crippen LogP contribution < -0.4 is 10.6 Å². The molecule has 1 amide bonds. The minimum Gasteiger partial charge on any atom is -0.368 e. The normalized spacial score (nSPS) is 19.1. The van der Waals surface area contributed by atoms with Crippen LogP contribution in [0, 0.1) is 0 Å². The highest BCUT2D eigenvalue weighted by Crippen LogP contribution is 2.27. The molecule has 1 saturated heterocycles. The standard InChI is InChI=1S/C16H21F3N2O2/c1-23-15(7-9-20-10-8-15)14(22)21-13(16(17,18)19)11-12-5-3-2-4-6-12/h2-6,13,20H,7-11H2,1H3,(H,21,22). The van der Waals surface area contributed by atoms with E-state index in [0.29, 0.717) is 31.5 Å². The Labute approximate surface area is 133 Å². The second-order valence-electron chi connectivity index (χ2n) is 5.71. The smallest absolute Gasteiger partial charge is 0.368 e. The summed E-state index contributed by atoms with van der Waals surface area (Å²) in [5, 5.41) is 5.22. The van der Waals surface area contributed by atoms with Gasteiger partial charge in [0, 0.05) is 13.5 Å². The van der Waals surface area contributed by atoms with Gasteiger partial charge in [-0.1, -0.05) is 30.3 Å². The highest BCUT2D eigenvalue weighted by molar-refractivity contribution is 5.85. The van der Waals surface area contributed by atoms with E-state index in [0.717, 1.165) is 0 Å². The first-order valence-electron chi connectivity index (χ1n) is 7.55. The topological polar surface area (TPSA) is 50.4 Å². The summed E-state index contributed by atoms with van der Waals surface area (Å²) >= 11 is 0. The van der Waals surface area contributed by atoms with Crippen LogP contribution in [0.5, 0.6) is 0 Å². The molecule has 1 aliphatic heterocycles. The summed E-state index contributed by atoms with van der Waals surface area (Å²) in [5.41, 5.74) is -0.669. The number of rotatable bonds is 5. The van der Waals surface area contributed by atoms with Crippen LogP contribution in [0.15, 0.2) is 30.3 Å². The molecule has 1 atom stereocenters. The van der Waals surface area contributed by atoms with Crippen LogP contribution in [0.4, 0.5) is 13.2 Å². The third-order valence-corrected chi connectivity index (χ3v) is 4.20. The molecule has 23 heavy (non-hydrogen) atoms. The van der Waals surface area contributed by atoms with Crippen LogP contribution >= 0.6 is 0 Å². The van der Waals surface area contributed by atoms with Crippen molar-refractivity contribution in [2.45, 2.75) is 37.1 Å². The van der Waals surface area contributed by atoms with Crippen molar-refractivity contribution in [1.82, 2.24) is 10.6 Å². The lowest BCUT2D eigenvalue weighted by Gasteiger charge is -2.36. The lowest BCUT2D eigenvalue weighted by atomic mass is 9.90. The highest BCUT2D eigenvalue weighted by atomic mass is 19.4. The van der Waals surface area contributed by atoms with E-state index in [1.807, 2.05) is 0 Å². The Bertz CT molecular complexity index is 514. The zero-order valence-corrected chi connectivity index (χ0v) is 13.0. The van der Waals surface area contributed by atoms with Gasteiger partial charge in [-0.05, 0) is 31.5 Å². The zero-order chi connectivity index (χ0) is 16.9. The zero-order valence-electron chi connectivity index (χ0n) is 13.0. The molecule has 1 aromatic rings. The number of benzene rings is 1. The number of piperidine rings is 1. The average Bonchev–Trinajstić information content (AvgIpc) is 2.55. The van der Waals surface area contributed by atoms with Crippen LogP contribution in [0.3, 0.4) is 0 Å². The molecule has 0 spiro atoms. The number of hydrogen-bond acceptors (Lipinski definition) is 3. The lowest BCUT2D eigenvalue weighted by molar-refractivity contribution is -0.171. The Hall–Kier alpha value is -1.60. The molecule has 1 heterocycles. The Morgan fingerprint density at radius 3 is 2.43 bits per heavy atom. The van der Waals surface area contributed by atoms with Crippen LogP contribution in [0.2, 0.25) is 0 Å². The van der Waals surface area contributed by atoms with Gasteiger partial charge in [-0.3, -0.25) is 4.79 Å². The van der Waals surface area contributed by atoms with Gasteiger partial charge in [0.05, 0.1) is 0 Å². The van der Waals surface area contributed by atoms with Gasteiger partial charge < -0.3 is 15.4 Å². The summed E-state index contributed by atoms with van der Waals surface area (Å²) in [6, 6.07) is 6.38. The molecule has 7 heteroatoms. The maximum Gasteiger partial charge on any atom is 0.408 e. The summed E-state index contributed by atoms with van der Waals surface area (Å²) in [7, 11) is 1.37. The van der Waals surface area contributed by atoms with Crippen molar-refractivity contribution in [2.75, 3.05) is 20.2 Å². The fourth-order valence-corrected chi connectivity index (χ4v) is 2.74.